The van der Waals surface area contributed by atoms with E-state index in [0.29, 0.717) is 66.9 Å². The minimum Gasteiger partial charge on any atom is -0.379 e. The molecule has 0 spiro atoms. The number of carbonyl (C=O) groups is 2. The molecule has 9 heteroatoms. The second-order valence-corrected chi connectivity index (χ2v) is 9.69. The molecular weight excluding hydrogens is 442 g/mol. The van der Waals surface area contributed by atoms with Crippen molar-refractivity contribution in [3.63, 3.8) is 0 Å². The van der Waals surface area contributed by atoms with E-state index in [1.807, 2.05) is 18.9 Å². The molecule has 3 aromatic rings. The van der Waals surface area contributed by atoms with E-state index in [0.717, 1.165) is 0 Å². The molecule has 3 heterocycles. The lowest BCUT2D eigenvalue weighted by atomic mass is 9.80. The van der Waals surface area contributed by atoms with Crippen molar-refractivity contribution in [1.82, 2.24) is 9.58 Å². The Morgan fingerprint density at radius 2 is 1.85 bits per heavy atom. The number of morpholine rings is 1. The van der Waals surface area contributed by atoms with Gasteiger partial charge in [-0.05, 0) is 47.7 Å². The van der Waals surface area contributed by atoms with E-state index >= 15 is 4.39 Å². The Bertz CT molecular complexity index is 1330. The Kier molecular flexibility index (Phi) is 5.41. The average molecular weight is 469 g/mol. The van der Waals surface area contributed by atoms with Gasteiger partial charge in [-0.15, -0.1) is 0 Å². The molecule has 0 bridgehead atoms. The standard InChI is InChI=1S/C25H26F2N4O3/c1-25(2)12-20-22(16-4-3-15(26)11-19(16)31(20)21(32)13-25)14-9-17(27)23(24(28)33)18(10-14)29-30-5-7-34-8-6-30/h3-4,9-11,29H,5-8,12-13H2,1-2H3,(H2,28,33). The summed E-state index contributed by atoms with van der Waals surface area (Å²) in [5.74, 6) is -2.24. The molecule has 7 nitrogen and oxygen atoms in total. The van der Waals surface area contributed by atoms with Crippen molar-refractivity contribution in [2.45, 2.75) is 26.7 Å². The Hall–Kier alpha value is -3.30. The molecule has 34 heavy (non-hydrogen) atoms. The van der Waals surface area contributed by atoms with E-state index in [9.17, 15) is 14.0 Å². The first kappa shape index (κ1) is 22.5. The highest BCUT2D eigenvalue weighted by Crippen LogP contribution is 2.44. The fourth-order valence-electron chi connectivity index (χ4n) is 5.03. The smallest absolute Gasteiger partial charge is 0.253 e. The SMILES string of the molecule is CC1(C)CC(=O)n2c(c(-c3cc(F)c(C(N)=O)c(NN4CCOCC4)c3)c3ccc(F)cc32)C1. The normalized spacial score (nSPS) is 18.2. The summed E-state index contributed by atoms with van der Waals surface area (Å²) in [6.45, 7) is 6.10. The van der Waals surface area contributed by atoms with Crippen molar-refractivity contribution in [3.05, 3.63) is 53.2 Å². The number of anilines is 1. The minimum absolute atomic E-state index is 0.131. The van der Waals surface area contributed by atoms with E-state index < -0.39 is 17.5 Å². The van der Waals surface area contributed by atoms with Crippen LogP contribution in [0, 0.1) is 17.0 Å². The third-order valence-electron chi connectivity index (χ3n) is 6.47. The molecule has 2 aromatic carbocycles. The van der Waals surface area contributed by atoms with E-state index in [1.165, 1.54) is 18.2 Å². The molecular formula is C25H26F2N4O3. The number of nitrogens with one attached hydrogen (secondary N) is 1. The zero-order valence-electron chi connectivity index (χ0n) is 19.1. The number of hydrogen-bond acceptors (Lipinski definition) is 5. The Balaban J connectivity index is 1.74. The number of aromatic nitrogens is 1. The van der Waals surface area contributed by atoms with Crippen LogP contribution in [0.3, 0.4) is 0 Å². The molecule has 1 fully saturated rings. The van der Waals surface area contributed by atoms with Gasteiger partial charge < -0.3 is 15.9 Å². The van der Waals surface area contributed by atoms with Crippen LogP contribution in [0.15, 0.2) is 30.3 Å². The first-order valence-corrected chi connectivity index (χ1v) is 11.2. The lowest BCUT2D eigenvalue weighted by Crippen LogP contribution is -2.40. The highest BCUT2D eigenvalue weighted by Gasteiger charge is 2.35. The number of halogens is 2. The molecule has 5 rings (SSSR count). The Morgan fingerprint density at radius 3 is 2.56 bits per heavy atom. The first-order valence-electron chi connectivity index (χ1n) is 11.2. The average Bonchev–Trinajstić information content (AvgIpc) is 3.05. The minimum atomic E-state index is -0.887. The number of nitrogens with two attached hydrogens (primary N) is 1. The maximum absolute atomic E-state index is 15.3. The highest BCUT2D eigenvalue weighted by atomic mass is 19.1. The van der Waals surface area contributed by atoms with Crippen molar-refractivity contribution in [2.75, 3.05) is 31.7 Å². The lowest BCUT2D eigenvalue weighted by Gasteiger charge is -2.31. The van der Waals surface area contributed by atoms with Gasteiger partial charge in [-0.3, -0.25) is 14.2 Å². The largest absolute Gasteiger partial charge is 0.379 e. The molecule has 2 aliphatic heterocycles. The number of primary amides is 1. The number of rotatable bonds is 4. The van der Waals surface area contributed by atoms with Crippen LogP contribution < -0.4 is 11.2 Å². The molecule has 0 radical (unpaired) electrons. The van der Waals surface area contributed by atoms with Gasteiger partial charge in [-0.25, -0.2) is 13.8 Å². The number of amides is 1. The molecule has 2 aliphatic rings. The predicted octanol–water partition coefficient (Wildman–Crippen LogP) is 3.96. The van der Waals surface area contributed by atoms with E-state index in [4.69, 9.17) is 10.5 Å². The molecule has 0 saturated carbocycles. The van der Waals surface area contributed by atoms with Crippen LogP contribution in [0.4, 0.5) is 14.5 Å². The summed E-state index contributed by atoms with van der Waals surface area (Å²) in [5.41, 5.74) is 10.6. The van der Waals surface area contributed by atoms with Gasteiger partial charge >= 0.3 is 0 Å². The van der Waals surface area contributed by atoms with Crippen LogP contribution >= 0.6 is 0 Å². The van der Waals surface area contributed by atoms with Crippen molar-refractivity contribution in [2.24, 2.45) is 11.1 Å². The fourth-order valence-corrected chi connectivity index (χ4v) is 5.03. The fraction of sp³-hybridized carbons (Fsp3) is 0.360. The first-order chi connectivity index (χ1) is 16.1. The third kappa shape index (κ3) is 3.84. The topological polar surface area (TPSA) is 89.6 Å². The van der Waals surface area contributed by atoms with Gasteiger partial charge in [-0.1, -0.05) is 13.8 Å². The molecule has 3 N–H and O–H groups in total. The van der Waals surface area contributed by atoms with Crippen molar-refractivity contribution < 1.29 is 23.1 Å². The maximum Gasteiger partial charge on any atom is 0.253 e. The van der Waals surface area contributed by atoms with Gasteiger partial charge in [0.15, 0.2) is 0 Å². The summed E-state index contributed by atoms with van der Waals surface area (Å²) in [6.07, 6.45) is 0.869. The summed E-state index contributed by atoms with van der Waals surface area (Å²) in [4.78, 5) is 25.2. The van der Waals surface area contributed by atoms with Gasteiger partial charge in [0.2, 0.25) is 5.91 Å². The monoisotopic (exact) mass is 468 g/mol. The maximum atomic E-state index is 15.3. The molecule has 1 amide bonds. The number of hydrazine groups is 1. The summed E-state index contributed by atoms with van der Waals surface area (Å²) in [7, 11) is 0. The number of benzene rings is 2. The van der Waals surface area contributed by atoms with Crippen LogP contribution in [0.2, 0.25) is 0 Å². The molecule has 0 unspecified atom stereocenters. The van der Waals surface area contributed by atoms with Crippen LogP contribution in [0.25, 0.3) is 22.0 Å². The second-order valence-electron chi connectivity index (χ2n) is 9.69. The third-order valence-corrected chi connectivity index (χ3v) is 6.47. The van der Waals surface area contributed by atoms with Crippen LogP contribution in [-0.4, -0.2) is 47.7 Å². The van der Waals surface area contributed by atoms with E-state index in [2.05, 4.69) is 5.43 Å². The molecule has 1 saturated heterocycles. The molecule has 1 aromatic heterocycles. The summed E-state index contributed by atoms with van der Waals surface area (Å²) in [5, 5.41) is 2.48. The predicted molar refractivity (Wildman–Crippen MR) is 125 cm³/mol. The van der Waals surface area contributed by atoms with Crippen LogP contribution in [-0.2, 0) is 11.2 Å². The van der Waals surface area contributed by atoms with Gasteiger partial charge in [0.05, 0.1) is 30.0 Å². The van der Waals surface area contributed by atoms with Crippen molar-refractivity contribution in [1.29, 1.82) is 0 Å². The zero-order valence-corrected chi connectivity index (χ0v) is 19.1. The molecule has 0 atom stereocenters. The lowest BCUT2D eigenvalue weighted by molar-refractivity contribution is 0.0496. The molecule has 178 valence electrons. The Morgan fingerprint density at radius 1 is 1.12 bits per heavy atom. The van der Waals surface area contributed by atoms with Gasteiger partial charge in [0.1, 0.15) is 11.6 Å². The Labute approximate surface area is 195 Å². The van der Waals surface area contributed by atoms with E-state index in [-0.39, 0.29) is 22.6 Å². The number of hydrogen-bond donors (Lipinski definition) is 2. The number of carbonyl (C=O) groups excluding carboxylic acids is 2. The van der Waals surface area contributed by atoms with Crippen LogP contribution in [0.5, 0.6) is 0 Å². The van der Waals surface area contributed by atoms with E-state index in [1.54, 1.807) is 16.7 Å². The summed E-state index contributed by atoms with van der Waals surface area (Å²) in [6, 6.07) is 7.20. The van der Waals surface area contributed by atoms with Crippen molar-refractivity contribution >= 4 is 28.4 Å². The summed E-state index contributed by atoms with van der Waals surface area (Å²) >= 11 is 0. The molecule has 0 aliphatic carbocycles. The summed E-state index contributed by atoms with van der Waals surface area (Å²) < 4.78 is 36.4. The van der Waals surface area contributed by atoms with Crippen molar-refractivity contribution in [3.8, 4) is 11.1 Å². The van der Waals surface area contributed by atoms with Crippen LogP contribution in [0.1, 0.15) is 41.1 Å². The van der Waals surface area contributed by atoms with Gasteiger partial charge in [0, 0.05) is 36.2 Å². The van der Waals surface area contributed by atoms with Gasteiger partial charge in [0.25, 0.3) is 5.91 Å². The van der Waals surface area contributed by atoms with Gasteiger partial charge in [-0.2, -0.15) is 0 Å². The second kappa shape index (κ2) is 8.18. The highest BCUT2D eigenvalue weighted by molar-refractivity contribution is 6.06. The number of fused-ring (bicyclic) bond motifs is 3. The quantitative estimate of drug-likeness (QED) is 0.605. The number of ether oxygens (including phenoxy) is 1. The zero-order chi connectivity index (χ0) is 24.2. The number of nitrogens with zero attached hydrogens (tertiary/aromatic N) is 2.